The van der Waals surface area contributed by atoms with Crippen molar-refractivity contribution in [1.29, 1.82) is 0 Å². The summed E-state index contributed by atoms with van der Waals surface area (Å²) in [5, 5.41) is 15.4. The molecule has 2 atom stereocenters. The summed E-state index contributed by atoms with van der Waals surface area (Å²) in [6.07, 6.45) is -3.61. The van der Waals surface area contributed by atoms with E-state index >= 15 is 8.78 Å². The van der Waals surface area contributed by atoms with Gasteiger partial charge in [-0.2, -0.15) is 18.3 Å². The van der Waals surface area contributed by atoms with Gasteiger partial charge in [0.15, 0.2) is 15.7 Å². The molecule has 11 nitrogen and oxygen atoms in total. The third-order valence-corrected chi connectivity index (χ3v) is 16.2. The second-order valence-corrected chi connectivity index (χ2v) is 22.4. The number of carboxylic acid groups (broad SMARTS) is 1. The Morgan fingerprint density at radius 2 is 1.58 bits per heavy atom. The van der Waals surface area contributed by atoms with Crippen LogP contribution in [0.3, 0.4) is 0 Å². The fourth-order valence-electron chi connectivity index (χ4n) is 8.21. The number of carbonyl (C=O) groups is 1. The Hall–Kier alpha value is -4.47. The Kier molecular flexibility index (Phi) is 11.0. The molecule has 3 aliphatic carbocycles. The van der Waals surface area contributed by atoms with Crippen molar-refractivity contribution >= 4 is 54.3 Å². The van der Waals surface area contributed by atoms with Gasteiger partial charge < -0.3 is 10.4 Å². The lowest BCUT2D eigenvalue weighted by molar-refractivity contribution is -0.141. The molecule has 2 aromatic carbocycles. The molecule has 4 aromatic rings. The number of hydrogen-bond acceptors (Lipinski definition) is 7. The van der Waals surface area contributed by atoms with Crippen molar-refractivity contribution in [2.75, 3.05) is 4.72 Å². The van der Waals surface area contributed by atoms with E-state index in [1.165, 1.54) is 26.0 Å². The molecule has 3 aliphatic rings. The van der Waals surface area contributed by atoms with Crippen LogP contribution in [0.5, 0.6) is 0 Å². The maximum absolute atomic E-state index is 15.0. The molecule has 3 N–H and O–H groups in total. The SMILES string of the molecule is CC(C)(C)[C@H](c1cc(F)cc(F)c1)[C@H](NC(=O)O)c1nc(C#CC(C)(C)S(=O)(=O)C2CC2)c2c(c1-c1ccc(Cl)c3c(NS(=O)(=O)C4CC4)nn(CC(F)(F)F)c13)CCC2. The van der Waals surface area contributed by atoms with E-state index in [1.54, 1.807) is 20.8 Å². The molecule has 0 bridgehead atoms. The first-order chi connectivity index (χ1) is 27.8. The van der Waals surface area contributed by atoms with E-state index in [4.69, 9.17) is 16.6 Å². The summed E-state index contributed by atoms with van der Waals surface area (Å²) in [6.45, 7) is 6.43. The van der Waals surface area contributed by atoms with Crippen LogP contribution in [0.4, 0.5) is 32.6 Å². The maximum atomic E-state index is 15.0. The first-order valence-electron chi connectivity index (χ1n) is 19.3. The number of aromatic nitrogens is 3. The van der Waals surface area contributed by atoms with Crippen LogP contribution in [-0.2, 0) is 39.2 Å². The van der Waals surface area contributed by atoms with Crippen molar-refractivity contribution in [3.8, 4) is 23.0 Å². The normalized spacial score (nSPS) is 17.2. The van der Waals surface area contributed by atoms with Gasteiger partial charge in [0.2, 0.25) is 10.0 Å². The molecular formula is C41H43ClF5N5O6S2. The smallest absolute Gasteiger partial charge is 0.408 e. The standard InChI is InChI=1S/C41H43ClF5N5O6S2/c1-39(2,3)33(21-17-22(43)19-23(44)18-21)35(49-38(53)54)34-31(27-8-6-7-26(27)30(48-34)15-16-40(4,5)59(55,56)24-9-10-24)28-13-14-29(42)32-36(28)52(20-41(45,46)47)50-37(32)51-60(57,58)25-11-12-25/h13-14,17-19,24-25,33,35,49H,6-12,20H2,1-5H3,(H,50,51)(H,53,54)/t33-,35+/m1/s1. The molecule has 0 aliphatic heterocycles. The zero-order valence-electron chi connectivity index (χ0n) is 33.3. The summed E-state index contributed by atoms with van der Waals surface area (Å²) in [6, 6.07) is 4.08. The highest BCUT2D eigenvalue weighted by molar-refractivity contribution is 7.94. The first kappa shape index (κ1) is 43.6. The Labute approximate surface area is 349 Å². The molecule has 0 spiro atoms. The molecule has 322 valence electrons. The van der Waals surface area contributed by atoms with Gasteiger partial charge in [-0.25, -0.2) is 35.4 Å². The first-order valence-corrected chi connectivity index (χ1v) is 22.8. The molecule has 0 saturated heterocycles. The predicted octanol–water partition coefficient (Wildman–Crippen LogP) is 8.83. The lowest BCUT2D eigenvalue weighted by Gasteiger charge is -2.38. The quantitative estimate of drug-likeness (QED) is 0.0995. The Morgan fingerprint density at radius 1 is 0.967 bits per heavy atom. The minimum atomic E-state index is -4.87. The molecule has 7 rings (SSSR count). The van der Waals surface area contributed by atoms with Crippen LogP contribution < -0.4 is 10.0 Å². The third-order valence-electron chi connectivity index (χ3n) is 11.2. The number of pyridine rings is 1. The van der Waals surface area contributed by atoms with Gasteiger partial charge in [-0.05, 0) is 105 Å². The molecule has 2 saturated carbocycles. The second kappa shape index (κ2) is 15.2. The van der Waals surface area contributed by atoms with Crippen LogP contribution in [0, 0.1) is 28.9 Å². The summed E-state index contributed by atoms with van der Waals surface area (Å²) in [5.41, 5.74) is 0.0551. The predicted molar refractivity (Wildman–Crippen MR) is 217 cm³/mol. The Bertz CT molecular complexity index is 2690. The third kappa shape index (κ3) is 8.54. The molecule has 19 heteroatoms. The number of nitrogens with zero attached hydrogens (tertiary/aromatic N) is 3. The highest BCUT2D eigenvalue weighted by atomic mass is 35.5. The molecule has 2 fully saturated rings. The lowest BCUT2D eigenvalue weighted by atomic mass is 9.70. The van der Waals surface area contributed by atoms with E-state index in [0.717, 1.165) is 12.1 Å². The minimum Gasteiger partial charge on any atom is -0.465 e. The van der Waals surface area contributed by atoms with Crippen molar-refractivity contribution < 1.29 is 48.7 Å². The number of halogens is 6. The molecule has 0 unspecified atom stereocenters. The van der Waals surface area contributed by atoms with Gasteiger partial charge in [0.25, 0.3) is 0 Å². The highest BCUT2D eigenvalue weighted by Gasteiger charge is 2.46. The van der Waals surface area contributed by atoms with E-state index in [1.807, 2.05) is 0 Å². The number of rotatable bonds is 11. The average molecular weight is 896 g/mol. The topological polar surface area (TPSA) is 160 Å². The summed E-state index contributed by atoms with van der Waals surface area (Å²) in [7, 11) is -7.78. The lowest BCUT2D eigenvalue weighted by Crippen LogP contribution is -2.38. The van der Waals surface area contributed by atoms with Gasteiger partial charge in [-0.1, -0.05) is 44.4 Å². The van der Waals surface area contributed by atoms with Crippen LogP contribution in [0.1, 0.15) is 107 Å². The Balaban J connectivity index is 1.59. The van der Waals surface area contributed by atoms with E-state index in [2.05, 4.69) is 27.0 Å². The number of anilines is 1. The minimum absolute atomic E-state index is 0.0371. The van der Waals surface area contributed by atoms with Gasteiger partial charge in [0, 0.05) is 23.1 Å². The maximum Gasteiger partial charge on any atom is 0.408 e. The van der Waals surface area contributed by atoms with Gasteiger partial charge in [-0.15, -0.1) is 0 Å². The summed E-state index contributed by atoms with van der Waals surface area (Å²) >= 11 is 6.70. The fourth-order valence-corrected chi connectivity index (χ4v) is 11.6. The average Bonchev–Trinajstić information content (AvgIpc) is 4.04. The molecule has 0 radical (unpaired) electrons. The van der Waals surface area contributed by atoms with Gasteiger partial charge >= 0.3 is 12.3 Å². The van der Waals surface area contributed by atoms with Crippen molar-refractivity contribution in [2.24, 2.45) is 5.41 Å². The number of benzene rings is 2. The van der Waals surface area contributed by atoms with E-state index < -0.39 is 88.7 Å². The summed E-state index contributed by atoms with van der Waals surface area (Å²) in [5.74, 6) is 2.42. The van der Waals surface area contributed by atoms with Crippen LogP contribution >= 0.6 is 11.6 Å². The zero-order chi connectivity index (χ0) is 43.9. The number of sulfone groups is 1. The molecular weight excluding hydrogens is 853 g/mol. The monoisotopic (exact) mass is 895 g/mol. The number of hydrogen-bond donors (Lipinski definition) is 3. The van der Waals surface area contributed by atoms with Crippen LogP contribution in [0.2, 0.25) is 5.02 Å². The fraction of sp³-hybridized carbons (Fsp3) is 0.488. The largest absolute Gasteiger partial charge is 0.465 e. The number of alkyl halides is 3. The molecule has 1 amide bonds. The number of sulfonamides is 1. The van der Waals surface area contributed by atoms with Crippen LogP contribution in [-0.4, -0.2) is 64.2 Å². The van der Waals surface area contributed by atoms with Gasteiger partial charge in [-0.3, -0.25) is 9.40 Å². The van der Waals surface area contributed by atoms with Crippen molar-refractivity contribution in [3.63, 3.8) is 0 Å². The number of fused-ring (bicyclic) bond motifs is 2. The molecule has 2 aromatic heterocycles. The van der Waals surface area contributed by atoms with Gasteiger partial charge in [0.1, 0.15) is 28.6 Å². The van der Waals surface area contributed by atoms with Gasteiger partial charge in [0.05, 0.1) is 38.2 Å². The Morgan fingerprint density at radius 3 is 2.15 bits per heavy atom. The van der Waals surface area contributed by atoms with E-state index in [9.17, 15) is 39.9 Å². The van der Waals surface area contributed by atoms with E-state index in [0.29, 0.717) is 60.4 Å². The summed E-state index contributed by atoms with van der Waals surface area (Å²) < 4.78 is 128. The molecule has 60 heavy (non-hydrogen) atoms. The second-order valence-electron chi connectivity index (χ2n) is 17.3. The molecule has 2 heterocycles. The van der Waals surface area contributed by atoms with Crippen LogP contribution in [0.25, 0.3) is 22.0 Å². The zero-order valence-corrected chi connectivity index (χ0v) is 35.7. The van der Waals surface area contributed by atoms with Crippen LogP contribution in [0.15, 0.2) is 30.3 Å². The van der Waals surface area contributed by atoms with E-state index in [-0.39, 0.29) is 50.4 Å². The number of nitrogens with one attached hydrogen (secondary N) is 2. The van der Waals surface area contributed by atoms with Crippen molar-refractivity contribution in [2.45, 2.75) is 119 Å². The summed E-state index contributed by atoms with van der Waals surface area (Å²) in [4.78, 5) is 17.8. The highest BCUT2D eigenvalue weighted by Crippen LogP contribution is 2.50. The van der Waals surface area contributed by atoms with Crippen molar-refractivity contribution in [1.82, 2.24) is 20.1 Å². The number of amides is 1. The van der Waals surface area contributed by atoms with Crippen molar-refractivity contribution in [3.05, 3.63) is 75.1 Å².